The summed E-state index contributed by atoms with van der Waals surface area (Å²) in [6.45, 7) is 1.93. The molecule has 1 amide bonds. The lowest BCUT2D eigenvalue weighted by Gasteiger charge is -2.02. The van der Waals surface area contributed by atoms with E-state index in [-0.39, 0.29) is 12.3 Å². The Morgan fingerprint density at radius 2 is 1.93 bits per heavy atom. The van der Waals surface area contributed by atoms with Crippen molar-refractivity contribution in [3.8, 4) is 11.3 Å². The first kappa shape index (κ1) is 18.2. The lowest BCUT2D eigenvalue weighted by Crippen LogP contribution is -2.14. The summed E-state index contributed by atoms with van der Waals surface area (Å²) in [5, 5.41) is 11.0. The van der Waals surface area contributed by atoms with Gasteiger partial charge >= 0.3 is 0 Å². The highest BCUT2D eigenvalue weighted by atomic mass is 32.1. The monoisotopic (exact) mass is 408 g/mol. The first-order chi connectivity index (χ1) is 13.7. The standard InChI is InChI=1S/C19H16N6OS2/c1-12-4-2-6-16(21-12)24-18-22-14(10-27-18)8-17(26)25-19-23-15(11-28-19)13-5-3-7-20-9-13/h2-7,9-11H,8H2,1H3,(H,21,22,24)(H,23,25,26). The molecule has 0 atom stereocenters. The molecule has 0 aromatic carbocycles. The lowest BCUT2D eigenvalue weighted by molar-refractivity contribution is -0.115. The Balaban J connectivity index is 1.36. The predicted octanol–water partition coefficient (Wildman–Crippen LogP) is 4.29. The zero-order chi connectivity index (χ0) is 19.3. The van der Waals surface area contributed by atoms with Crippen molar-refractivity contribution < 1.29 is 4.79 Å². The maximum atomic E-state index is 12.3. The summed E-state index contributed by atoms with van der Waals surface area (Å²) >= 11 is 2.82. The molecule has 9 heteroatoms. The smallest absolute Gasteiger partial charge is 0.232 e. The normalized spacial score (nSPS) is 10.6. The molecule has 2 N–H and O–H groups in total. The van der Waals surface area contributed by atoms with E-state index in [1.807, 2.05) is 48.0 Å². The summed E-state index contributed by atoms with van der Waals surface area (Å²) in [4.78, 5) is 29.7. The van der Waals surface area contributed by atoms with Gasteiger partial charge in [0.25, 0.3) is 0 Å². The number of rotatable bonds is 6. The molecule has 4 rings (SSSR count). The summed E-state index contributed by atoms with van der Waals surface area (Å²) in [6, 6.07) is 9.53. The van der Waals surface area contributed by atoms with Crippen LogP contribution in [0.3, 0.4) is 0 Å². The van der Waals surface area contributed by atoms with Gasteiger partial charge in [-0.05, 0) is 31.2 Å². The first-order valence-corrected chi connectivity index (χ1v) is 10.2. The van der Waals surface area contributed by atoms with Gasteiger partial charge in [0.2, 0.25) is 5.91 Å². The maximum Gasteiger partial charge on any atom is 0.232 e. The van der Waals surface area contributed by atoms with E-state index in [9.17, 15) is 4.79 Å². The molecule has 0 saturated heterocycles. The van der Waals surface area contributed by atoms with Crippen LogP contribution in [0.25, 0.3) is 11.3 Å². The van der Waals surface area contributed by atoms with Crippen LogP contribution in [0.15, 0.2) is 53.5 Å². The van der Waals surface area contributed by atoms with Crippen LogP contribution in [-0.4, -0.2) is 25.8 Å². The molecule has 4 heterocycles. The summed E-state index contributed by atoms with van der Waals surface area (Å²) in [6.07, 6.45) is 3.64. The second-order valence-corrected chi connectivity index (χ2v) is 7.65. The number of pyridine rings is 2. The van der Waals surface area contributed by atoms with Crippen molar-refractivity contribution >= 4 is 44.7 Å². The van der Waals surface area contributed by atoms with E-state index in [1.165, 1.54) is 22.7 Å². The van der Waals surface area contributed by atoms with Gasteiger partial charge < -0.3 is 10.6 Å². The number of hydrogen-bond acceptors (Lipinski definition) is 8. The molecule has 140 valence electrons. The number of nitrogens with one attached hydrogen (secondary N) is 2. The number of hydrogen-bond donors (Lipinski definition) is 2. The van der Waals surface area contributed by atoms with Crippen LogP contribution in [-0.2, 0) is 11.2 Å². The van der Waals surface area contributed by atoms with E-state index in [4.69, 9.17) is 0 Å². The molecule has 0 unspecified atom stereocenters. The van der Waals surface area contributed by atoms with Crippen molar-refractivity contribution in [1.29, 1.82) is 0 Å². The molecule has 0 aliphatic heterocycles. The molecule has 0 radical (unpaired) electrons. The molecule has 0 aliphatic rings. The van der Waals surface area contributed by atoms with Gasteiger partial charge in [0, 0.05) is 34.4 Å². The fourth-order valence-corrected chi connectivity index (χ4v) is 3.93. The van der Waals surface area contributed by atoms with Crippen LogP contribution in [0, 0.1) is 6.92 Å². The van der Waals surface area contributed by atoms with Crippen LogP contribution in [0.5, 0.6) is 0 Å². The van der Waals surface area contributed by atoms with Crippen LogP contribution >= 0.6 is 22.7 Å². The number of aryl methyl sites for hydroxylation is 1. The minimum Gasteiger partial charge on any atom is -0.316 e. The number of amides is 1. The zero-order valence-electron chi connectivity index (χ0n) is 14.9. The number of aromatic nitrogens is 4. The van der Waals surface area contributed by atoms with E-state index in [2.05, 4.69) is 30.6 Å². The van der Waals surface area contributed by atoms with E-state index in [0.29, 0.717) is 16.0 Å². The highest BCUT2D eigenvalue weighted by Gasteiger charge is 2.11. The summed E-state index contributed by atoms with van der Waals surface area (Å²) in [7, 11) is 0. The van der Waals surface area contributed by atoms with Crippen molar-refractivity contribution in [3.05, 3.63) is 64.9 Å². The second-order valence-electron chi connectivity index (χ2n) is 5.94. The summed E-state index contributed by atoms with van der Waals surface area (Å²) in [5.74, 6) is 0.577. The quantitative estimate of drug-likeness (QED) is 0.494. The van der Waals surface area contributed by atoms with Gasteiger partial charge in [-0.15, -0.1) is 22.7 Å². The SMILES string of the molecule is Cc1cccc(Nc2nc(CC(=O)Nc3nc(-c4cccnc4)cs3)cs2)n1. The van der Waals surface area contributed by atoms with Gasteiger partial charge in [0.15, 0.2) is 10.3 Å². The van der Waals surface area contributed by atoms with Crippen LogP contribution < -0.4 is 10.6 Å². The third-order valence-corrected chi connectivity index (χ3v) is 5.29. The van der Waals surface area contributed by atoms with Gasteiger partial charge in [-0.3, -0.25) is 9.78 Å². The number of anilines is 3. The van der Waals surface area contributed by atoms with E-state index in [1.54, 1.807) is 12.4 Å². The largest absolute Gasteiger partial charge is 0.316 e. The van der Waals surface area contributed by atoms with Crippen LogP contribution in [0.1, 0.15) is 11.4 Å². The van der Waals surface area contributed by atoms with Crippen LogP contribution in [0.2, 0.25) is 0 Å². The average molecular weight is 409 g/mol. The molecule has 0 aliphatic carbocycles. The fourth-order valence-electron chi connectivity index (χ4n) is 2.47. The Morgan fingerprint density at radius 1 is 1.04 bits per heavy atom. The zero-order valence-corrected chi connectivity index (χ0v) is 16.5. The molecule has 0 bridgehead atoms. The summed E-state index contributed by atoms with van der Waals surface area (Å²) in [5.41, 5.74) is 3.33. The number of carbonyl (C=O) groups excluding carboxylic acids is 1. The molecule has 0 saturated carbocycles. The lowest BCUT2D eigenvalue weighted by atomic mass is 10.2. The van der Waals surface area contributed by atoms with E-state index in [0.717, 1.165) is 22.8 Å². The minimum atomic E-state index is -0.155. The molecule has 4 aromatic rings. The van der Waals surface area contributed by atoms with Crippen molar-refractivity contribution in [3.63, 3.8) is 0 Å². The van der Waals surface area contributed by atoms with E-state index >= 15 is 0 Å². The number of carbonyl (C=O) groups is 1. The van der Waals surface area contributed by atoms with Gasteiger partial charge in [0.1, 0.15) is 5.82 Å². The predicted molar refractivity (Wildman–Crippen MR) is 112 cm³/mol. The molecule has 0 spiro atoms. The summed E-state index contributed by atoms with van der Waals surface area (Å²) < 4.78 is 0. The minimum absolute atomic E-state index is 0.155. The number of thiazole rings is 2. The number of nitrogens with zero attached hydrogens (tertiary/aromatic N) is 4. The Kier molecular flexibility index (Phi) is 5.36. The Bertz CT molecular complexity index is 1090. The average Bonchev–Trinajstić information content (AvgIpc) is 3.32. The Hall–Kier alpha value is -3.17. The van der Waals surface area contributed by atoms with Crippen molar-refractivity contribution in [2.45, 2.75) is 13.3 Å². The molecule has 0 fully saturated rings. The highest BCUT2D eigenvalue weighted by Crippen LogP contribution is 2.24. The van der Waals surface area contributed by atoms with E-state index < -0.39 is 0 Å². The van der Waals surface area contributed by atoms with Gasteiger partial charge in [-0.25, -0.2) is 15.0 Å². The first-order valence-electron chi connectivity index (χ1n) is 8.46. The van der Waals surface area contributed by atoms with Crippen molar-refractivity contribution in [1.82, 2.24) is 19.9 Å². The van der Waals surface area contributed by atoms with Gasteiger partial charge in [-0.2, -0.15) is 0 Å². The third-order valence-electron chi connectivity index (χ3n) is 3.72. The fraction of sp³-hybridized carbons (Fsp3) is 0.105. The second kappa shape index (κ2) is 8.24. The van der Waals surface area contributed by atoms with Gasteiger partial charge in [-0.1, -0.05) is 6.07 Å². The van der Waals surface area contributed by atoms with Crippen molar-refractivity contribution in [2.24, 2.45) is 0 Å². The van der Waals surface area contributed by atoms with Crippen LogP contribution in [0.4, 0.5) is 16.1 Å². The topological polar surface area (TPSA) is 92.7 Å². The molecular formula is C19H16N6OS2. The highest BCUT2D eigenvalue weighted by molar-refractivity contribution is 7.14. The van der Waals surface area contributed by atoms with Gasteiger partial charge in [0.05, 0.1) is 17.8 Å². The molecule has 4 aromatic heterocycles. The van der Waals surface area contributed by atoms with Crippen molar-refractivity contribution in [2.75, 3.05) is 10.6 Å². The molecule has 28 heavy (non-hydrogen) atoms. The third kappa shape index (κ3) is 4.56. The Morgan fingerprint density at radius 3 is 2.75 bits per heavy atom. The molecular weight excluding hydrogens is 392 g/mol. The Labute approximate surface area is 169 Å². The maximum absolute atomic E-state index is 12.3. The molecule has 7 nitrogen and oxygen atoms in total.